The molecule has 2 aromatic rings. The molecule has 0 saturated heterocycles. The Labute approximate surface area is 130 Å². The molecule has 1 N–H and O–H groups in total. The predicted molar refractivity (Wildman–Crippen MR) is 85.0 cm³/mol. The lowest BCUT2D eigenvalue weighted by Gasteiger charge is -2.17. The Morgan fingerprint density at radius 3 is 2.68 bits per heavy atom. The molecule has 1 atom stereocenters. The molecule has 1 heterocycles. The Hall–Kier alpha value is -2.23. The van der Waals surface area contributed by atoms with Crippen LogP contribution >= 0.6 is 0 Å². The molecule has 0 fully saturated rings. The van der Waals surface area contributed by atoms with Crippen molar-refractivity contribution in [2.24, 2.45) is 0 Å². The summed E-state index contributed by atoms with van der Waals surface area (Å²) in [5, 5.41) is 2.96. The van der Waals surface area contributed by atoms with E-state index in [2.05, 4.69) is 17.2 Å². The fourth-order valence-corrected chi connectivity index (χ4v) is 2.32. The summed E-state index contributed by atoms with van der Waals surface area (Å²) < 4.78 is 13.1. The summed E-state index contributed by atoms with van der Waals surface area (Å²) in [4.78, 5) is 16.6. The standard InChI is InChI=1S/C18H21FN2O/c1-2-3-11-21-18(22)17(12-14-5-4-10-20-13-14)15-6-8-16(19)9-7-15/h4-10,13,17H,2-3,11-12H2,1H3,(H,21,22). The van der Waals surface area contributed by atoms with E-state index in [1.54, 1.807) is 24.5 Å². The van der Waals surface area contributed by atoms with E-state index in [1.165, 1.54) is 12.1 Å². The van der Waals surface area contributed by atoms with E-state index in [-0.39, 0.29) is 17.6 Å². The highest BCUT2D eigenvalue weighted by Gasteiger charge is 2.21. The van der Waals surface area contributed by atoms with Gasteiger partial charge in [0.15, 0.2) is 0 Å². The van der Waals surface area contributed by atoms with Crippen LogP contribution in [0.4, 0.5) is 4.39 Å². The van der Waals surface area contributed by atoms with Crippen LogP contribution in [0, 0.1) is 5.82 Å². The van der Waals surface area contributed by atoms with Crippen molar-refractivity contribution in [1.82, 2.24) is 10.3 Å². The van der Waals surface area contributed by atoms with Crippen LogP contribution in [0.2, 0.25) is 0 Å². The Morgan fingerprint density at radius 2 is 2.05 bits per heavy atom. The summed E-state index contributed by atoms with van der Waals surface area (Å²) >= 11 is 0. The molecule has 1 unspecified atom stereocenters. The molecule has 0 bridgehead atoms. The number of carbonyl (C=O) groups excluding carboxylic acids is 1. The number of unbranched alkanes of at least 4 members (excludes halogenated alkanes) is 1. The minimum atomic E-state index is -0.332. The first-order valence-electron chi connectivity index (χ1n) is 7.62. The van der Waals surface area contributed by atoms with Gasteiger partial charge in [-0.3, -0.25) is 9.78 Å². The van der Waals surface area contributed by atoms with Gasteiger partial charge < -0.3 is 5.32 Å². The smallest absolute Gasteiger partial charge is 0.227 e. The van der Waals surface area contributed by atoms with Crippen LogP contribution in [-0.4, -0.2) is 17.4 Å². The normalized spacial score (nSPS) is 11.9. The van der Waals surface area contributed by atoms with Crippen LogP contribution in [0.3, 0.4) is 0 Å². The Balaban J connectivity index is 2.16. The van der Waals surface area contributed by atoms with Crippen LogP contribution in [0.15, 0.2) is 48.8 Å². The molecule has 4 heteroatoms. The van der Waals surface area contributed by atoms with Gasteiger partial charge in [0.05, 0.1) is 5.92 Å². The van der Waals surface area contributed by atoms with E-state index in [1.807, 2.05) is 12.1 Å². The topological polar surface area (TPSA) is 42.0 Å². The SMILES string of the molecule is CCCCNC(=O)C(Cc1cccnc1)c1ccc(F)cc1. The summed E-state index contributed by atoms with van der Waals surface area (Å²) in [5.41, 5.74) is 1.81. The second kappa shape index (κ2) is 8.27. The number of carbonyl (C=O) groups is 1. The number of nitrogens with zero attached hydrogens (tertiary/aromatic N) is 1. The molecule has 0 aliphatic rings. The lowest BCUT2D eigenvalue weighted by molar-refractivity contribution is -0.122. The molecule has 0 radical (unpaired) electrons. The molecular formula is C18H21FN2O. The van der Waals surface area contributed by atoms with Crippen molar-refractivity contribution in [3.8, 4) is 0 Å². The molecule has 0 spiro atoms. The molecule has 2 rings (SSSR count). The average Bonchev–Trinajstić information content (AvgIpc) is 2.55. The molecule has 1 amide bonds. The van der Waals surface area contributed by atoms with Crippen molar-refractivity contribution in [1.29, 1.82) is 0 Å². The summed E-state index contributed by atoms with van der Waals surface area (Å²) in [7, 11) is 0. The number of rotatable bonds is 7. The van der Waals surface area contributed by atoms with E-state index in [9.17, 15) is 9.18 Å². The average molecular weight is 300 g/mol. The lowest BCUT2D eigenvalue weighted by atomic mass is 9.91. The van der Waals surface area contributed by atoms with Crippen LogP contribution < -0.4 is 5.32 Å². The molecule has 0 aliphatic heterocycles. The van der Waals surface area contributed by atoms with Crippen LogP contribution in [0.5, 0.6) is 0 Å². The van der Waals surface area contributed by atoms with E-state index < -0.39 is 0 Å². The van der Waals surface area contributed by atoms with Crippen molar-refractivity contribution in [3.05, 3.63) is 65.7 Å². The van der Waals surface area contributed by atoms with Crippen molar-refractivity contribution in [2.75, 3.05) is 6.54 Å². The number of hydrogen-bond donors (Lipinski definition) is 1. The van der Waals surface area contributed by atoms with Gasteiger partial charge in [0.2, 0.25) is 5.91 Å². The van der Waals surface area contributed by atoms with Crippen molar-refractivity contribution < 1.29 is 9.18 Å². The first-order valence-corrected chi connectivity index (χ1v) is 7.62. The number of amides is 1. The highest BCUT2D eigenvalue weighted by molar-refractivity contribution is 5.83. The van der Waals surface area contributed by atoms with E-state index >= 15 is 0 Å². The second-order valence-electron chi connectivity index (χ2n) is 5.31. The molecular weight excluding hydrogens is 279 g/mol. The third-order valence-electron chi connectivity index (χ3n) is 3.58. The summed E-state index contributed by atoms with van der Waals surface area (Å²) in [6.07, 6.45) is 6.00. The summed E-state index contributed by atoms with van der Waals surface area (Å²) in [6.45, 7) is 2.75. The molecule has 0 aliphatic carbocycles. The maximum Gasteiger partial charge on any atom is 0.227 e. The molecule has 1 aromatic carbocycles. The Morgan fingerprint density at radius 1 is 1.27 bits per heavy atom. The zero-order valence-electron chi connectivity index (χ0n) is 12.8. The van der Waals surface area contributed by atoms with Crippen molar-refractivity contribution in [2.45, 2.75) is 32.1 Å². The highest BCUT2D eigenvalue weighted by atomic mass is 19.1. The Bertz CT molecular complexity index is 584. The predicted octanol–water partition coefficient (Wildman–Crippen LogP) is 3.46. The van der Waals surface area contributed by atoms with Gasteiger partial charge in [-0.05, 0) is 42.2 Å². The van der Waals surface area contributed by atoms with Crippen LogP contribution in [0.1, 0.15) is 36.8 Å². The third-order valence-corrected chi connectivity index (χ3v) is 3.58. The zero-order valence-corrected chi connectivity index (χ0v) is 12.8. The summed E-state index contributed by atoms with van der Waals surface area (Å²) in [6, 6.07) is 9.94. The van der Waals surface area contributed by atoms with Gasteiger partial charge in [-0.15, -0.1) is 0 Å². The number of benzene rings is 1. The first-order chi connectivity index (χ1) is 10.7. The minimum Gasteiger partial charge on any atom is -0.356 e. The lowest BCUT2D eigenvalue weighted by Crippen LogP contribution is -2.31. The molecule has 22 heavy (non-hydrogen) atoms. The first kappa shape index (κ1) is 16.1. The molecule has 1 aromatic heterocycles. The van der Waals surface area contributed by atoms with Gasteiger partial charge in [0, 0.05) is 18.9 Å². The van der Waals surface area contributed by atoms with E-state index in [0.717, 1.165) is 24.0 Å². The van der Waals surface area contributed by atoms with E-state index in [4.69, 9.17) is 0 Å². The van der Waals surface area contributed by atoms with Crippen molar-refractivity contribution >= 4 is 5.91 Å². The van der Waals surface area contributed by atoms with Gasteiger partial charge in [-0.2, -0.15) is 0 Å². The molecule has 3 nitrogen and oxygen atoms in total. The maximum absolute atomic E-state index is 13.1. The van der Waals surface area contributed by atoms with Gasteiger partial charge in [-0.1, -0.05) is 31.5 Å². The van der Waals surface area contributed by atoms with E-state index in [0.29, 0.717) is 13.0 Å². The second-order valence-corrected chi connectivity index (χ2v) is 5.31. The fraction of sp³-hybridized carbons (Fsp3) is 0.333. The van der Waals surface area contributed by atoms with Gasteiger partial charge in [0.25, 0.3) is 0 Å². The van der Waals surface area contributed by atoms with Gasteiger partial charge in [-0.25, -0.2) is 4.39 Å². The monoisotopic (exact) mass is 300 g/mol. The third kappa shape index (κ3) is 4.65. The fourth-order valence-electron chi connectivity index (χ4n) is 2.32. The largest absolute Gasteiger partial charge is 0.356 e. The van der Waals surface area contributed by atoms with Crippen LogP contribution in [0.25, 0.3) is 0 Å². The van der Waals surface area contributed by atoms with Crippen molar-refractivity contribution in [3.63, 3.8) is 0 Å². The number of halogens is 1. The van der Waals surface area contributed by atoms with Gasteiger partial charge in [0.1, 0.15) is 5.82 Å². The zero-order chi connectivity index (χ0) is 15.8. The Kier molecular flexibility index (Phi) is 6.07. The van der Waals surface area contributed by atoms with Gasteiger partial charge >= 0.3 is 0 Å². The number of aromatic nitrogens is 1. The maximum atomic E-state index is 13.1. The van der Waals surface area contributed by atoms with Crippen LogP contribution in [-0.2, 0) is 11.2 Å². The number of nitrogens with one attached hydrogen (secondary N) is 1. The quantitative estimate of drug-likeness (QED) is 0.796. The summed E-state index contributed by atoms with van der Waals surface area (Å²) in [5.74, 6) is -0.652. The number of hydrogen-bond acceptors (Lipinski definition) is 2. The molecule has 116 valence electrons. The number of pyridine rings is 1. The minimum absolute atomic E-state index is 0.0242. The highest BCUT2D eigenvalue weighted by Crippen LogP contribution is 2.21. The molecule has 0 saturated carbocycles.